The number of hydrogen-bond donors (Lipinski definition) is 2. The van der Waals surface area contributed by atoms with Crippen LogP contribution in [0, 0.1) is 0 Å². The first-order valence-electron chi connectivity index (χ1n) is 7.98. The molecule has 0 fully saturated rings. The quantitative estimate of drug-likeness (QED) is 0.757. The first-order chi connectivity index (χ1) is 11.5. The highest BCUT2D eigenvalue weighted by atomic mass is 35.5. The summed E-state index contributed by atoms with van der Waals surface area (Å²) in [5.74, 6) is 1.29. The predicted molar refractivity (Wildman–Crippen MR) is 96.9 cm³/mol. The zero-order chi connectivity index (χ0) is 17.5. The molecule has 130 valence electrons. The van der Waals surface area contributed by atoms with Gasteiger partial charge in [0.25, 0.3) is 0 Å². The highest BCUT2D eigenvalue weighted by Crippen LogP contribution is 2.35. The van der Waals surface area contributed by atoms with Crippen LogP contribution >= 0.6 is 11.6 Å². The molecule has 0 saturated carbocycles. The Morgan fingerprint density at radius 3 is 2.50 bits per heavy atom. The first-order valence-corrected chi connectivity index (χ1v) is 8.36. The van der Waals surface area contributed by atoms with E-state index in [1.165, 1.54) is 0 Å². The van der Waals surface area contributed by atoms with Crippen molar-refractivity contribution >= 4 is 11.6 Å². The second kappa shape index (κ2) is 8.92. The fourth-order valence-electron chi connectivity index (χ4n) is 2.41. The largest absolute Gasteiger partial charge is 0.493 e. The highest BCUT2D eigenvalue weighted by Gasteiger charge is 2.15. The molecule has 0 heterocycles. The van der Waals surface area contributed by atoms with Gasteiger partial charge in [0, 0.05) is 29.7 Å². The van der Waals surface area contributed by atoms with E-state index in [9.17, 15) is 5.11 Å². The average molecular weight is 350 g/mol. The fourth-order valence-corrected chi connectivity index (χ4v) is 2.64. The van der Waals surface area contributed by atoms with E-state index < -0.39 is 6.10 Å². The van der Waals surface area contributed by atoms with Gasteiger partial charge in [-0.2, -0.15) is 0 Å². The van der Waals surface area contributed by atoms with Crippen molar-refractivity contribution < 1.29 is 14.6 Å². The molecule has 24 heavy (non-hydrogen) atoms. The minimum atomic E-state index is -0.568. The number of halogens is 1. The molecular formula is C19H24ClNO3. The molecule has 0 radical (unpaired) electrons. The minimum Gasteiger partial charge on any atom is -0.493 e. The maximum Gasteiger partial charge on any atom is 0.166 e. The minimum absolute atomic E-state index is 0.0220. The van der Waals surface area contributed by atoms with Gasteiger partial charge in [0.2, 0.25) is 0 Å². The molecule has 0 aliphatic heterocycles. The lowest BCUT2D eigenvalue weighted by Crippen LogP contribution is -2.22. The molecule has 0 aliphatic carbocycles. The third-order valence-corrected chi connectivity index (χ3v) is 3.73. The topological polar surface area (TPSA) is 50.7 Å². The van der Waals surface area contributed by atoms with Crippen molar-refractivity contribution in [2.24, 2.45) is 0 Å². The van der Waals surface area contributed by atoms with Crippen LogP contribution in [0.5, 0.6) is 11.5 Å². The van der Waals surface area contributed by atoms with Gasteiger partial charge in [0.15, 0.2) is 11.5 Å². The lowest BCUT2D eigenvalue weighted by Gasteiger charge is -2.19. The third-order valence-electron chi connectivity index (χ3n) is 3.51. The smallest absolute Gasteiger partial charge is 0.166 e. The molecule has 0 unspecified atom stereocenters. The van der Waals surface area contributed by atoms with Gasteiger partial charge in [0.1, 0.15) is 0 Å². The summed E-state index contributed by atoms with van der Waals surface area (Å²) in [6, 6.07) is 13.1. The maximum absolute atomic E-state index is 10.2. The number of methoxy groups -OCH3 is 1. The summed E-state index contributed by atoms with van der Waals surface area (Å²) >= 11 is 6.16. The Balaban J connectivity index is 2.07. The maximum atomic E-state index is 10.2. The standard InChI is InChI=1S/C19H24ClNO3/c1-13(2)24-19-15(9-16(20)10-18(19)23-3)11-21-12-17(22)14-7-5-4-6-8-14/h4-10,13,17,21-22H,11-12H2,1-3H3/t17-/m0/s1. The number of aliphatic hydroxyl groups is 1. The van der Waals surface area contributed by atoms with E-state index in [0.29, 0.717) is 29.6 Å². The molecular weight excluding hydrogens is 326 g/mol. The first kappa shape index (κ1) is 18.6. The van der Waals surface area contributed by atoms with Crippen molar-refractivity contribution in [3.05, 3.63) is 58.6 Å². The van der Waals surface area contributed by atoms with Crippen molar-refractivity contribution in [2.45, 2.75) is 32.6 Å². The van der Waals surface area contributed by atoms with Crippen molar-refractivity contribution in [1.29, 1.82) is 0 Å². The van der Waals surface area contributed by atoms with Crippen LogP contribution in [-0.4, -0.2) is 24.9 Å². The molecule has 0 amide bonds. The Morgan fingerprint density at radius 2 is 1.88 bits per heavy atom. The molecule has 2 N–H and O–H groups in total. The molecule has 0 bridgehead atoms. The molecule has 2 rings (SSSR count). The number of aliphatic hydroxyl groups excluding tert-OH is 1. The second-order valence-corrected chi connectivity index (χ2v) is 6.26. The van der Waals surface area contributed by atoms with Crippen molar-refractivity contribution in [3.63, 3.8) is 0 Å². The lowest BCUT2D eigenvalue weighted by molar-refractivity contribution is 0.173. The number of ether oxygens (including phenoxy) is 2. The molecule has 4 nitrogen and oxygen atoms in total. The van der Waals surface area contributed by atoms with Gasteiger partial charge in [-0.3, -0.25) is 0 Å². The summed E-state index contributed by atoms with van der Waals surface area (Å²) < 4.78 is 11.3. The van der Waals surface area contributed by atoms with Crippen LogP contribution in [0.25, 0.3) is 0 Å². The summed E-state index contributed by atoms with van der Waals surface area (Å²) in [5, 5.41) is 14.1. The van der Waals surface area contributed by atoms with Crippen LogP contribution in [0.1, 0.15) is 31.1 Å². The zero-order valence-corrected chi connectivity index (χ0v) is 15.0. The summed E-state index contributed by atoms with van der Waals surface area (Å²) in [5.41, 5.74) is 1.78. The van der Waals surface area contributed by atoms with Crippen molar-refractivity contribution in [3.8, 4) is 11.5 Å². The van der Waals surface area contributed by atoms with Crippen molar-refractivity contribution in [1.82, 2.24) is 5.32 Å². The van der Waals surface area contributed by atoms with Crippen LogP contribution in [0.15, 0.2) is 42.5 Å². The van der Waals surface area contributed by atoms with Gasteiger partial charge in [-0.15, -0.1) is 0 Å². The van der Waals surface area contributed by atoms with E-state index in [2.05, 4.69) is 5.32 Å². The van der Waals surface area contributed by atoms with E-state index in [0.717, 1.165) is 11.1 Å². The molecule has 5 heteroatoms. The van der Waals surface area contributed by atoms with Gasteiger partial charge in [-0.1, -0.05) is 41.9 Å². The summed E-state index contributed by atoms with van der Waals surface area (Å²) in [4.78, 5) is 0. The van der Waals surface area contributed by atoms with Gasteiger partial charge in [0.05, 0.1) is 19.3 Å². The van der Waals surface area contributed by atoms with Crippen LogP contribution in [0.4, 0.5) is 0 Å². The van der Waals surface area contributed by atoms with Crippen molar-refractivity contribution in [2.75, 3.05) is 13.7 Å². The number of hydrogen-bond acceptors (Lipinski definition) is 4. The van der Waals surface area contributed by atoms with Crippen LogP contribution in [0.3, 0.4) is 0 Å². The zero-order valence-electron chi connectivity index (χ0n) is 14.3. The fraction of sp³-hybridized carbons (Fsp3) is 0.368. The summed E-state index contributed by atoms with van der Waals surface area (Å²) in [6.45, 7) is 4.87. The van der Waals surface area contributed by atoms with E-state index in [1.807, 2.05) is 50.2 Å². The molecule has 2 aromatic rings. The Labute approximate surface area is 148 Å². The molecule has 0 spiro atoms. The Bertz CT molecular complexity index is 647. The third kappa shape index (κ3) is 5.13. The summed E-state index contributed by atoms with van der Waals surface area (Å²) in [6.07, 6.45) is -0.546. The second-order valence-electron chi connectivity index (χ2n) is 5.82. The van der Waals surface area contributed by atoms with Crippen LogP contribution in [-0.2, 0) is 6.54 Å². The number of benzene rings is 2. The van der Waals surface area contributed by atoms with Gasteiger partial charge in [-0.25, -0.2) is 0 Å². The molecule has 0 saturated heterocycles. The highest BCUT2D eigenvalue weighted by molar-refractivity contribution is 6.30. The Kier molecular flexibility index (Phi) is 6.91. The lowest BCUT2D eigenvalue weighted by atomic mass is 10.1. The van der Waals surface area contributed by atoms with E-state index in [4.69, 9.17) is 21.1 Å². The van der Waals surface area contributed by atoms with E-state index in [-0.39, 0.29) is 6.10 Å². The Morgan fingerprint density at radius 1 is 1.17 bits per heavy atom. The van der Waals surface area contributed by atoms with Crippen LogP contribution < -0.4 is 14.8 Å². The number of rotatable bonds is 8. The summed E-state index contributed by atoms with van der Waals surface area (Å²) in [7, 11) is 1.59. The van der Waals surface area contributed by atoms with Gasteiger partial charge in [-0.05, 0) is 25.5 Å². The average Bonchev–Trinajstić information content (AvgIpc) is 2.57. The van der Waals surface area contributed by atoms with E-state index >= 15 is 0 Å². The van der Waals surface area contributed by atoms with Crippen LogP contribution in [0.2, 0.25) is 5.02 Å². The Hall–Kier alpha value is -1.75. The van der Waals surface area contributed by atoms with Gasteiger partial charge < -0.3 is 19.9 Å². The van der Waals surface area contributed by atoms with Gasteiger partial charge >= 0.3 is 0 Å². The normalized spacial score (nSPS) is 12.2. The molecule has 2 aromatic carbocycles. The van der Waals surface area contributed by atoms with E-state index in [1.54, 1.807) is 13.2 Å². The SMILES string of the molecule is COc1cc(Cl)cc(CNC[C@H](O)c2ccccc2)c1OC(C)C. The number of nitrogens with one attached hydrogen (secondary N) is 1. The monoisotopic (exact) mass is 349 g/mol. The predicted octanol–water partition coefficient (Wildman–Crippen LogP) is 3.96. The molecule has 0 aromatic heterocycles. The molecule has 0 aliphatic rings. The molecule has 1 atom stereocenters.